The Morgan fingerprint density at radius 1 is 1.50 bits per heavy atom. The second-order valence-electron chi connectivity index (χ2n) is 4.98. The topological polar surface area (TPSA) is 50.2 Å². The summed E-state index contributed by atoms with van der Waals surface area (Å²) in [4.78, 5) is 15.2. The van der Waals surface area contributed by atoms with Crippen molar-refractivity contribution in [3.8, 4) is 0 Å². The zero-order valence-corrected chi connectivity index (χ0v) is 10.2. The lowest BCUT2D eigenvalue weighted by Crippen LogP contribution is -2.03. The number of hydrogen-bond donors (Lipinski definition) is 1. The summed E-state index contributed by atoms with van der Waals surface area (Å²) in [5.74, 6) is -1.00. The van der Waals surface area contributed by atoms with Gasteiger partial charge in [0.2, 0.25) is 0 Å². The molecule has 0 saturated heterocycles. The number of hydrogen-bond acceptors (Lipinski definition) is 2. The van der Waals surface area contributed by atoms with Crippen molar-refractivity contribution in [1.29, 1.82) is 0 Å². The fourth-order valence-electron chi connectivity index (χ4n) is 2.55. The molecular formula is C12H14ClNO2. The van der Waals surface area contributed by atoms with Crippen LogP contribution in [-0.2, 0) is 4.79 Å². The van der Waals surface area contributed by atoms with Crippen molar-refractivity contribution in [2.45, 2.75) is 26.7 Å². The number of aliphatic carboxylic acids is 1. The average molecular weight is 240 g/mol. The van der Waals surface area contributed by atoms with Crippen molar-refractivity contribution in [3.63, 3.8) is 0 Å². The molecule has 0 aromatic carbocycles. The molecule has 0 radical (unpaired) electrons. The molecule has 1 heterocycles. The lowest BCUT2D eigenvalue weighted by Gasteiger charge is -2.04. The van der Waals surface area contributed by atoms with Crippen molar-refractivity contribution < 1.29 is 9.90 Å². The molecule has 1 fully saturated rings. The SMILES string of the molecule is Cc1cc(C2C(C(=O)O)C2(C)C)cc(Cl)n1. The van der Waals surface area contributed by atoms with E-state index in [4.69, 9.17) is 16.7 Å². The highest BCUT2D eigenvalue weighted by Crippen LogP contribution is 2.64. The fraction of sp³-hybridized carbons (Fsp3) is 0.500. The van der Waals surface area contributed by atoms with E-state index in [-0.39, 0.29) is 17.3 Å². The van der Waals surface area contributed by atoms with E-state index in [9.17, 15) is 4.79 Å². The minimum Gasteiger partial charge on any atom is -0.481 e. The molecule has 1 aromatic heterocycles. The van der Waals surface area contributed by atoms with Crippen molar-refractivity contribution in [2.75, 3.05) is 0 Å². The second-order valence-corrected chi connectivity index (χ2v) is 5.37. The number of aromatic nitrogens is 1. The number of aryl methyl sites for hydroxylation is 1. The average Bonchev–Trinajstić information content (AvgIpc) is 2.67. The third-order valence-corrected chi connectivity index (χ3v) is 3.59. The van der Waals surface area contributed by atoms with E-state index < -0.39 is 5.97 Å². The molecule has 0 aliphatic heterocycles. The molecule has 1 aliphatic rings. The molecule has 0 spiro atoms. The van der Waals surface area contributed by atoms with Gasteiger partial charge >= 0.3 is 5.97 Å². The van der Waals surface area contributed by atoms with E-state index in [1.165, 1.54) is 0 Å². The first kappa shape index (κ1) is 11.4. The quantitative estimate of drug-likeness (QED) is 0.808. The summed E-state index contributed by atoms with van der Waals surface area (Å²) < 4.78 is 0. The smallest absolute Gasteiger partial charge is 0.307 e. The summed E-state index contributed by atoms with van der Waals surface area (Å²) in [6, 6.07) is 3.69. The molecule has 2 unspecified atom stereocenters. The molecule has 3 nitrogen and oxygen atoms in total. The van der Waals surface area contributed by atoms with Crippen LogP contribution in [0.2, 0.25) is 5.15 Å². The van der Waals surface area contributed by atoms with Gasteiger partial charge in [-0.3, -0.25) is 4.79 Å². The number of rotatable bonds is 2. The van der Waals surface area contributed by atoms with Gasteiger partial charge in [0.15, 0.2) is 0 Å². The van der Waals surface area contributed by atoms with Gasteiger partial charge < -0.3 is 5.11 Å². The first-order valence-corrected chi connectivity index (χ1v) is 5.58. The zero-order chi connectivity index (χ0) is 12.1. The molecule has 1 aromatic rings. The number of carboxylic acids is 1. The van der Waals surface area contributed by atoms with Gasteiger partial charge in [-0.25, -0.2) is 4.98 Å². The number of pyridine rings is 1. The minimum atomic E-state index is -0.736. The van der Waals surface area contributed by atoms with Crippen molar-refractivity contribution >= 4 is 17.6 Å². The molecule has 2 rings (SSSR count). The molecule has 1 aliphatic carbocycles. The van der Waals surface area contributed by atoms with Crippen LogP contribution >= 0.6 is 11.6 Å². The van der Waals surface area contributed by atoms with Gasteiger partial charge in [0.05, 0.1) is 5.92 Å². The monoisotopic (exact) mass is 239 g/mol. The molecular weight excluding hydrogens is 226 g/mol. The van der Waals surface area contributed by atoms with E-state index in [0.717, 1.165) is 11.3 Å². The Balaban J connectivity index is 2.37. The Labute approximate surface area is 99.5 Å². The summed E-state index contributed by atoms with van der Waals surface area (Å²) in [5.41, 5.74) is 1.62. The molecule has 0 amide bonds. The van der Waals surface area contributed by atoms with Crippen LogP contribution in [0.15, 0.2) is 12.1 Å². The van der Waals surface area contributed by atoms with Crippen LogP contribution in [-0.4, -0.2) is 16.1 Å². The van der Waals surface area contributed by atoms with Crippen LogP contribution in [0.4, 0.5) is 0 Å². The maximum absolute atomic E-state index is 11.1. The van der Waals surface area contributed by atoms with Gasteiger partial charge in [-0.1, -0.05) is 25.4 Å². The van der Waals surface area contributed by atoms with E-state index in [1.54, 1.807) is 6.07 Å². The van der Waals surface area contributed by atoms with E-state index in [0.29, 0.717) is 5.15 Å². The first-order valence-electron chi connectivity index (χ1n) is 5.21. The van der Waals surface area contributed by atoms with Crippen LogP contribution in [0.1, 0.15) is 31.0 Å². The number of carbonyl (C=O) groups is 1. The van der Waals surface area contributed by atoms with Gasteiger partial charge in [0, 0.05) is 11.6 Å². The third kappa shape index (κ3) is 1.69. The normalized spacial score (nSPS) is 26.5. The van der Waals surface area contributed by atoms with Gasteiger partial charge in [0.1, 0.15) is 5.15 Å². The molecule has 0 bridgehead atoms. The van der Waals surface area contributed by atoms with Gasteiger partial charge in [0.25, 0.3) is 0 Å². The summed E-state index contributed by atoms with van der Waals surface area (Å²) in [5, 5.41) is 9.54. The standard InChI is InChI=1S/C12H14ClNO2/c1-6-4-7(5-8(13)14-6)9-10(11(15)16)12(9,2)3/h4-5,9-10H,1-3H3,(H,15,16). The van der Waals surface area contributed by atoms with E-state index in [1.807, 2.05) is 26.8 Å². The predicted octanol–water partition coefficient (Wildman–Crippen LogP) is 2.87. The van der Waals surface area contributed by atoms with Crippen LogP contribution in [0.3, 0.4) is 0 Å². The Kier molecular flexibility index (Phi) is 2.46. The van der Waals surface area contributed by atoms with Crippen molar-refractivity contribution in [3.05, 3.63) is 28.5 Å². The Morgan fingerprint density at radius 3 is 2.56 bits per heavy atom. The fourth-order valence-corrected chi connectivity index (χ4v) is 2.81. The molecule has 16 heavy (non-hydrogen) atoms. The second kappa shape index (κ2) is 3.45. The van der Waals surface area contributed by atoms with Crippen LogP contribution in [0.25, 0.3) is 0 Å². The van der Waals surface area contributed by atoms with Crippen LogP contribution in [0.5, 0.6) is 0 Å². The highest BCUT2D eigenvalue weighted by atomic mass is 35.5. The Hall–Kier alpha value is -1.09. The van der Waals surface area contributed by atoms with Crippen LogP contribution < -0.4 is 0 Å². The molecule has 4 heteroatoms. The number of carboxylic acid groups (broad SMARTS) is 1. The maximum Gasteiger partial charge on any atom is 0.307 e. The van der Waals surface area contributed by atoms with Crippen molar-refractivity contribution in [2.24, 2.45) is 11.3 Å². The largest absolute Gasteiger partial charge is 0.481 e. The van der Waals surface area contributed by atoms with Crippen molar-refractivity contribution in [1.82, 2.24) is 4.98 Å². The minimum absolute atomic E-state index is 0.0456. The van der Waals surface area contributed by atoms with E-state index >= 15 is 0 Å². The first-order chi connectivity index (χ1) is 7.34. The Morgan fingerprint density at radius 2 is 2.12 bits per heavy atom. The van der Waals surface area contributed by atoms with Gasteiger partial charge in [-0.15, -0.1) is 0 Å². The Bertz CT molecular complexity index is 436. The third-order valence-electron chi connectivity index (χ3n) is 3.40. The highest BCUT2D eigenvalue weighted by molar-refractivity contribution is 6.29. The van der Waals surface area contributed by atoms with Crippen LogP contribution in [0, 0.1) is 18.3 Å². The molecule has 1 saturated carbocycles. The number of nitrogens with zero attached hydrogens (tertiary/aromatic N) is 1. The maximum atomic E-state index is 11.1. The van der Waals surface area contributed by atoms with E-state index in [2.05, 4.69) is 4.98 Å². The lowest BCUT2D eigenvalue weighted by molar-refractivity contribution is -0.139. The number of halogens is 1. The highest BCUT2D eigenvalue weighted by Gasteiger charge is 2.62. The molecule has 1 N–H and O–H groups in total. The predicted molar refractivity (Wildman–Crippen MR) is 61.6 cm³/mol. The molecule has 86 valence electrons. The molecule has 2 atom stereocenters. The van der Waals surface area contributed by atoms with Gasteiger partial charge in [-0.05, 0) is 30.0 Å². The van der Waals surface area contributed by atoms with Gasteiger partial charge in [-0.2, -0.15) is 0 Å². The lowest BCUT2D eigenvalue weighted by atomic mass is 10.0. The summed E-state index contributed by atoms with van der Waals surface area (Å²) >= 11 is 5.88. The zero-order valence-electron chi connectivity index (χ0n) is 9.49. The summed E-state index contributed by atoms with van der Waals surface area (Å²) in [6.07, 6.45) is 0. The summed E-state index contributed by atoms with van der Waals surface area (Å²) in [7, 11) is 0. The summed E-state index contributed by atoms with van der Waals surface area (Å²) in [6.45, 7) is 5.81.